The predicted molar refractivity (Wildman–Crippen MR) is 118 cm³/mol. The Hall–Kier alpha value is -2.42. The summed E-state index contributed by atoms with van der Waals surface area (Å²) in [6.45, 7) is 4.32. The Labute approximate surface area is 160 Å². The molecular formula is C24H36N2. The molecule has 0 aliphatic carbocycles. The van der Waals surface area contributed by atoms with Gasteiger partial charge in [0.25, 0.3) is 0 Å². The summed E-state index contributed by atoms with van der Waals surface area (Å²) in [4.78, 5) is 0. The molecular weight excluding hydrogens is 316 g/mol. The van der Waals surface area contributed by atoms with Crippen LogP contribution in [0.25, 0.3) is 0 Å². The Bertz CT molecular complexity index is 500. The Balaban J connectivity index is 0. The average Bonchev–Trinajstić information content (AvgIpc) is 2.79. The van der Waals surface area contributed by atoms with Crippen LogP contribution in [0.15, 0.2) is 97.1 Å². The molecule has 0 saturated heterocycles. The van der Waals surface area contributed by atoms with Crippen LogP contribution in [0.1, 0.15) is 25.0 Å². The summed E-state index contributed by atoms with van der Waals surface area (Å²) >= 11 is 0. The van der Waals surface area contributed by atoms with Gasteiger partial charge >= 0.3 is 0 Å². The van der Waals surface area contributed by atoms with Crippen LogP contribution in [-0.4, -0.2) is 14.1 Å². The smallest absolute Gasteiger partial charge is 0.0195 e. The van der Waals surface area contributed by atoms with Crippen molar-refractivity contribution in [1.82, 2.24) is 0 Å². The van der Waals surface area contributed by atoms with Crippen LogP contribution >= 0.6 is 0 Å². The van der Waals surface area contributed by atoms with Gasteiger partial charge in [-0.25, -0.2) is 0 Å². The quantitative estimate of drug-likeness (QED) is 0.654. The first kappa shape index (κ1) is 25.8. The van der Waals surface area contributed by atoms with E-state index in [2.05, 4.69) is 73.8 Å². The monoisotopic (exact) mass is 352 g/mol. The highest BCUT2D eigenvalue weighted by Crippen LogP contribution is 1.97. The van der Waals surface area contributed by atoms with E-state index in [9.17, 15) is 0 Å². The van der Waals surface area contributed by atoms with E-state index in [1.807, 2.05) is 48.5 Å². The minimum absolute atomic E-state index is 1.14. The molecule has 0 fully saturated rings. The molecule has 0 heterocycles. The molecule has 0 aliphatic heterocycles. The zero-order valence-electron chi connectivity index (χ0n) is 16.8. The standard InChI is InChI=1S/2C8H10.C6H6.2CH5N/c2*1-2-8-6-4-3-5-7-8;1-2-4-6-5-3-1;2*1-2/h2*3-7H,2H2,1H3;1-6H;2*2H2,1H3. The van der Waals surface area contributed by atoms with Gasteiger partial charge in [0.2, 0.25) is 0 Å². The highest BCUT2D eigenvalue weighted by atomic mass is 14.4. The van der Waals surface area contributed by atoms with Crippen molar-refractivity contribution >= 4 is 0 Å². The molecule has 0 spiro atoms. The van der Waals surface area contributed by atoms with Gasteiger partial charge in [-0.3, -0.25) is 0 Å². The number of hydrogen-bond acceptors (Lipinski definition) is 2. The molecule has 0 unspecified atom stereocenters. The highest BCUT2D eigenvalue weighted by Gasteiger charge is 1.80. The first-order valence-electron chi connectivity index (χ1n) is 9.10. The predicted octanol–water partition coefficient (Wildman–Crippen LogP) is 5.33. The van der Waals surface area contributed by atoms with Crippen LogP contribution in [0.5, 0.6) is 0 Å². The molecule has 3 aromatic carbocycles. The van der Waals surface area contributed by atoms with Gasteiger partial charge in [0.1, 0.15) is 0 Å². The Kier molecular flexibility index (Phi) is 22.4. The topological polar surface area (TPSA) is 52.0 Å². The van der Waals surface area contributed by atoms with Gasteiger partial charge in [0.05, 0.1) is 0 Å². The maximum absolute atomic E-state index is 4.50. The molecule has 26 heavy (non-hydrogen) atoms. The lowest BCUT2D eigenvalue weighted by molar-refractivity contribution is 1.14. The lowest BCUT2D eigenvalue weighted by Crippen LogP contribution is -1.73. The van der Waals surface area contributed by atoms with E-state index in [4.69, 9.17) is 0 Å². The van der Waals surface area contributed by atoms with Crippen molar-refractivity contribution in [3.63, 3.8) is 0 Å². The maximum Gasteiger partial charge on any atom is -0.0195 e. The molecule has 2 heteroatoms. The van der Waals surface area contributed by atoms with Gasteiger partial charge in [-0.15, -0.1) is 0 Å². The van der Waals surface area contributed by atoms with E-state index in [0.717, 1.165) is 12.8 Å². The number of rotatable bonds is 2. The van der Waals surface area contributed by atoms with E-state index in [1.54, 1.807) is 0 Å². The zero-order valence-corrected chi connectivity index (χ0v) is 16.8. The summed E-state index contributed by atoms with van der Waals surface area (Å²) in [6.07, 6.45) is 2.28. The molecule has 0 saturated carbocycles. The van der Waals surface area contributed by atoms with Crippen molar-refractivity contribution < 1.29 is 0 Å². The van der Waals surface area contributed by atoms with E-state index < -0.39 is 0 Å². The fourth-order valence-electron chi connectivity index (χ4n) is 1.81. The third kappa shape index (κ3) is 16.4. The largest absolute Gasteiger partial charge is 0.333 e. The molecule has 4 N–H and O–H groups in total. The van der Waals surface area contributed by atoms with Crippen LogP contribution in [0.2, 0.25) is 0 Å². The van der Waals surface area contributed by atoms with Gasteiger partial charge in [-0.05, 0) is 38.1 Å². The molecule has 3 aromatic rings. The second-order valence-corrected chi connectivity index (χ2v) is 4.83. The van der Waals surface area contributed by atoms with E-state index in [-0.39, 0.29) is 0 Å². The van der Waals surface area contributed by atoms with E-state index in [1.165, 1.54) is 25.2 Å². The summed E-state index contributed by atoms with van der Waals surface area (Å²) < 4.78 is 0. The van der Waals surface area contributed by atoms with Crippen molar-refractivity contribution in [2.45, 2.75) is 26.7 Å². The summed E-state index contributed by atoms with van der Waals surface area (Å²) in [5, 5.41) is 0. The fourth-order valence-corrected chi connectivity index (χ4v) is 1.81. The molecule has 2 nitrogen and oxygen atoms in total. The summed E-state index contributed by atoms with van der Waals surface area (Å²) in [5.74, 6) is 0. The van der Waals surface area contributed by atoms with Crippen LogP contribution in [0, 0.1) is 0 Å². The number of aryl methyl sites for hydroxylation is 2. The normalized spacial score (nSPS) is 7.92. The van der Waals surface area contributed by atoms with Gasteiger partial charge < -0.3 is 11.5 Å². The molecule has 142 valence electrons. The summed E-state index contributed by atoms with van der Waals surface area (Å²) in [5.41, 5.74) is 11.8. The fraction of sp³-hybridized carbons (Fsp3) is 0.250. The Morgan fingerprint density at radius 1 is 0.423 bits per heavy atom. The Morgan fingerprint density at radius 3 is 0.769 bits per heavy atom. The lowest BCUT2D eigenvalue weighted by atomic mass is 10.2. The van der Waals surface area contributed by atoms with Crippen molar-refractivity contribution in [3.8, 4) is 0 Å². The minimum atomic E-state index is 1.14. The van der Waals surface area contributed by atoms with E-state index >= 15 is 0 Å². The maximum atomic E-state index is 4.50. The molecule has 0 aromatic heterocycles. The van der Waals surface area contributed by atoms with Crippen molar-refractivity contribution in [1.29, 1.82) is 0 Å². The van der Waals surface area contributed by atoms with Crippen molar-refractivity contribution in [2.24, 2.45) is 11.5 Å². The average molecular weight is 353 g/mol. The molecule has 0 bridgehead atoms. The lowest BCUT2D eigenvalue weighted by Gasteiger charge is -1.89. The van der Waals surface area contributed by atoms with Gasteiger partial charge in [-0.1, -0.05) is 111 Å². The van der Waals surface area contributed by atoms with Crippen LogP contribution < -0.4 is 11.5 Å². The summed E-state index contributed by atoms with van der Waals surface area (Å²) in [7, 11) is 3.00. The minimum Gasteiger partial charge on any atom is -0.333 e. The van der Waals surface area contributed by atoms with Gasteiger partial charge in [-0.2, -0.15) is 0 Å². The first-order chi connectivity index (χ1) is 12.9. The van der Waals surface area contributed by atoms with Crippen molar-refractivity contribution in [3.05, 3.63) is 108 Å². The van der Waals surface area contributed by atoms with E-state index in [0.29, 0.717) is 0 Å². The molecule has 0 radical (unpaired) electrons. The highest BCUT2D eigenvalue weighted by molar-refractivity contribution is 5.14. The third-order valence-electron chi connectivity index (χ3n) is 3.17. The Morgan fingerprint density at radius 2 is 0.615 bits per heavy atom. The number of benzene rings is 3. The number of nitrogens with two attached hydrogens (primary N) is 2. The zero-order chi connectivity index (χ0) is 19.9. The second-order valence-electron chi connectivity index (χ2n) is 4.83. The SMILES string of the molecule is CCc1ccccc1.CCc1ccccc1.CN.CN.c1ccccc1. The first-order valence-corrected chi connectivity index (χ1v) is 9.10. The number of hydrogen-bond donors (Lipinski definition) is 2. The molecule has 3 rings (SSSR count). The second kappa shape index (κ2) is 22.6. The molecule has 0 amide bonds. The molecule has 0 atom stereocenters. The van der Waals surface area contributed by atoms with Crippen LogP contribution in [-0.2, 0) is 12.8 Å². The van der Waals surface area contributed by atoms with Gasteiger partial charge in [0, 0.05) is 0 Å². The van der Waals surface area contributed by atoms with Crippen LogP contribution in [0.3, 0.4) is 0 Å². The molecule has 0 aliphatic rings. The van der Waals surface area contributed by atoms with Crippen LogP contribution in [0.4, 0.5) is 0 Å². The third-order valence-corrected chi connectivity index (χ3v) is 3.17. The summed E-state index contributed by atoms with van der Waals surface area (Å²) in [6, 6.07) is 32.9. The van der Waals surface area contributed by atoms with Gasteiger partial charge in [0.15, 0.2) is 0 Å². The van der Waals surface area contributed by atoms with Crippen molar-refractivity contribution in [2.75, 3.05) is 14.1 Å².